The van der Waals surface area contributed by atoms with Crippen molar-refractivity contribution >= 4 is 12.1 Å². The fraction of sp³-hybridized carbons (Fsp3) is 0.385. The smallest absolute Gasteiger partial charge is 0.410 e. The van der Waals surface area contributed by atoms with E-state index < -0.39 is 18.0 Å². The van der Waals surface area contributed by atoms with E-state index in [4.69, 9.17) is 9.84 Å². The lowest BCUT2D eigenvalue weighted by Gasteiger charge is -2.15. The van der Waals surface area contributed by atoms with Crippen molar-refractivity contribution in [2.24, 2.45) is 5.92 Å². The topological polar surface area (TPSA) is 66.8 Å². The van der Waals surface area contributed by atoms with Crippen molar-refractivity contribution in [2.45, 2.75) is 13.0 Å². The van der Waals surface area contributed by atoms with Crippen molar-refractivity contribution in [3.8, 4) is 0 Å². The highest BCUT2D eigenvalue weighted by molar-refractivity contribution is 5.74. The number of hydrogen-bond donors (Lipinski definition) is 1. The SMILES string of the molecule is O=C(O)[C@H]1CCN(C(=O)OCc2ccccc2)C1. The van der Waals surface area contributed by atoms with Gasteiger partial charge in [0.1, 0.15) is 6.61 Å². The van der Waals surface area contributed by atoms with Crippen molar-refractivity contribution in [1.82, 2.24) is 4.90 Å². The maximum Gasteiger partial charge on any atom is 0.410 e. The minimum Gasteiger partial charge on any atom is -0.481 e. The van der Waals surface area contributed by atoms with E-state index in [1.165, 1.54) is 4.90 Å². The summed E-state index contributed by atoms with van der Waals surface area (Å²) in [6.45, 7) is 0.904. The molecule has 5 nitrogen and oxygen atoms in total. The van der Waals surface area contributed by atoms with Gasteiger partial charge in [0, 0.05) is 13.1 Å². The van der Waals surface area contributed by atoms with Crippen LogP contribution in [0, 0.1) is 5.92 Å². The Bertz CT molecular complexity index is 432. The van der Waals surface area contributed by atoms with Crippen molar-refractivity contribution in [1.29, 1.82) is 0 Å². The third-order valence-electron chi connectivity index (χ3n) is 3.00. The first-order valence-corrected chi connectivity index (χ1v) is 5.85. The molecule has 1 aromatic rings. The number of aliphatic carboxylic acids is 1. The van der Waals surface area contributed by atoms with Crippen molar-refractivity contribution in [2.75, 3.05) is 13.1 Å². The predicted octanol–water partition coefficient (Wildman–Crippen LogP) is 1.73. The van der Waals surface area contributed by atoms with Gasteiger partial charge in [0.05, 0.1) is 5.92 Å². The summed E-state index contributed by atoms with van der Waals surface area (Å²) in [5.74, 6) is -1.32. The highest BCUT2D eigenvalue weighted by atomic mass is 16.6. The molecule has 5 heteroatoms. The van der Waals surface area contributed by atoms with Crippen LogP contribution in [0.2, 0.25) is 0 Å². The molecule has 1 heterocycles. The molecule has 0 unspecified atom stereocenters. The van der Waals surface area contributed by atoms with Crippen molar-refractivity contribution in [3.05, 3.63) is 35.9 Å². The fourth-order valence-corrected chi connectivity index (χ4v) is 1.94. The molecule has 0 aromatic heterocycles. The van der Waals surface area contributed by atoms with Crippen molar-refractivity contribution in [3.63, 3.8) is 0 Å². The molecule has 1 aromatic carbocycles. The highest BCUT2D eigenvalue weighted by Gasteiger charge is 2.31. The van der Waals surface area contributed by atoms with E-state index in [1.807, 2.05) is 30.3 Å². The number of carbonyl (C=O) groups excluding carboxylic acids is 1. The van der Waals surface area contributed by atoms with Gasteiger partial charge in [-0.3, -0.25) is 4.79 Å². The van der Waals surface area contributed by atoms with Crippen LogP contribution in [-0.4, -0.2) is 35.2 Å². The fourth-order valence-electron chi connectivity index (χ4n) is 1.94. The average Bonchev–Trinajstić information content (AvgIpc) is 2.87. The van der Waals surface area contributed by atoms with Gasteiger partial charge in [0.25, 0.3) is 0 Å². The van der Waals surface area contributed by atoms with Gasteiger partial charge < -0.3 is 14.7 Å². The lowest BCUT2D eigenvalue weighted by atomic mass is 10.1. The Morgan fingerprint density at radius 1 is 1.33 bits per heavy atom. The summed E-state index contributed by atoms with van der Waals surface area (Å²) < 4.78 is 5.13. The van der Waals surface area contributed by atoms with Crippen LogP contribution in [0.25, 0.3) is 0 Å². The monoisotopic (exact) mass is 249 g/mol. The van der Waals surface area contributed by atoms with Crippen LogP contribution >= 0.6 is 0 Å². The summed E-state index contributed by atoms with van der Waals surface area (Å²) in [7, 11) is 0. The average molecular weight is 249 g/mol. The van der Waals surface area contributed by atoms with Gasteiger partial charge in [0.15, 0.2) is 0 Å². The van der Waals surface area contributed by atoms with Crippen LogP contribution in [0.15, 0.2) is 30.3 Å². The van der Waals surface area contributed by atoms with Crippen LogP contribution < -0.4 is 0 Å². The molecule has 1 atom stereocenters. The molecule has 1 aliphatic heterocycles. The zero-order chi connectivity index (χ0) is 13.0. The van der Waals surface area contributed by atoms with Gasteiger partial charge in [-0.2, -0.15) is 0 Å². The number of carbonyl (C=O) groups is 2. The van der Waals surface area contributed by atoms with E-state index in [0.29, 0.717) is 13.0 Å². The lowest BCUT2D eigenvalue weighted by Crippen LogP contribution is -2.30. The summed E-state index contributed by atoms with van der Waals surface area (Å²) in [5.41, 5.74) is 0.917. The number of carboxylic acid groups (broad SMARTS) is 1. The third kappa shape index (κ3) is 3.00. The highest BCUT2D eigenvalue weighted by Crippen LogP contribution is 2.17. The summed E-state index contributed by atoms with van der Waals surface area (Å²) in [6, 6.07) is 9.39. The molecule has 18 heavy (non-hydrogen) atoms. The molecular formula is C13H15NO4. The molecule has 1 saturated heterocycles. The molecule has 1 amide bonds. The molecule has 2 rings (SSSR count). The van der Waals surface area contributed by atoms with Crippen LogP contribution in [0.3, 0.4) is 0 Å². The third-order valence-corrected chi connectivity index (χ3v) is 3.00. The molecule has 0 radical (unpaired) electrons. The Labute approximate surface area is 105 Å². The standard InChI is InChI=1S/C13H15NO4/c15-12(16)11-6-7-14(8-11)13(17)18-9-10-4-2-1-3-5-10/h1-5,11H,6-9H2,(H,15,16)/t11-/m0/s1. The number of ether oxygens (including phenoxy) is 1. The second kappa shape index (κ2) is 5.53. The van der Waals surface area contributed by atoms with Crippen LogP contribution in [0.4, 0.5) is 4.79 Å². The van der Waals surface area contributed by atoms with E-state index in [-0.39, 0.29) is 13.2 Å². The molecule has 1 N–H and O–H groups in total. The number of likely N-dealkylation sites (tertiary alicyclic amines) is 1. The number of carboxylic acids is 1. The first kappa shape index (κ1) is 12.4. The second-order valence-corrected chi connectivity index (χ2v) is 4.31. The minimum absolute atomic E-state index is 0.216. The number of benzene rings is 1. The maximum atomic E-state index is 11.7. The van der Waals surface area contributed by atoms with E-state index >= 15 is 0 Å². The summed E-state index contributed by atoms with van der Waals surface area (Å²) >= 11 is 0. The summed E-state index contributed by atoms with van der Waals surface area (Å²) in [4.78, 5) is 23.9. The molecular weight excluding hydrogens is 234 g/mol. The van der Waals surface area contributed by atoms with Gasteiger partial charge in [-0.15, -0.1) is 0 Å². The molecule has 1 aliphatic rings. The maximum absolute atomic E-state index is 11.7. The second-order valence-electron chi connectivity index (χ2n) is 4.31. The Hall–Kier alpha value is -2.04. The zero-order valence-electron chi connectivity index (χ0n) is 9.91. The van der Waals surface area contributed by atoms with Crippen molar-refractivity contribution < 1.29 is 19.4 Å². The van der Waals surface area contributed by atoms with Gasteiger partial charge >= 0.3 is 12.1 Å². The van der Waals surface area contributed by atoms with Gasteiger partial charge in [-0.25, -0.2) is 4.79 Å². The number of hydrogen-bond acceptors (Lipinski definition) is 3. The Morgan fingerprint density at radius 3 is 2.67 bits per heavy atom. The molecule has 1 fully saturated rings. The molecule has 0 bridgehead atoms. The first-order chi connectivity index (χ1) is 8.66. The van der Waals surface area contributed by atoms with E-state index in [9.17, 15) is 9.59 Å². The molecule has 96 valence electrons. The number of nitrogens with zero attached hydrogens (tertiary/aromatic N) is 1. The normalized spacial score (nSPS) is 18.7. The van der Waals surface area contributed by atoms with Crippen LogP contribution in [0.5, 0.6) is 0 Å². The first-order valence-electron chi connectivity index (χ1n) is 5.85. The molecule has 0 aliphatic carbocycles. The van der Waals surface area contributed by atoms with E-state index in [2.05, 4.69) is 0 Å². The number of amides is 1. The minimum atomic E-state index is -0.853. The van der Waals surface area contributed by atoms with Gasteiger partial charge in [0.2, 0.25) is 0 Å². The quantitative estimate of drug-likeness (QED) is 0.885. The van der Waals surface area contributed by atoms with E-state index in [0.717, 1.165) is 5.56 Å². The summed E-state index contributed by atoms with van der Waals surface area (Å²) in [5, 5.41) is 8.84. The Kier molecular flexibility index (Phi) is 3.82. The molecule has 0 spiro atoms. The summed E-state index contributed by atoms with van der Waals surface area (Å²) in [6.07, 6.45) is 0.0538. The van der Waals surface area contributed by atoms with Crippen LogP contribution in [0.1, 0.15) is 12.0 Å². The number of rotatable bonds is 3. The predicted molar refractivity (Wildman–Crippen MR) is 63.9 cm³/mol. The van der Waals surface area contributed by atoms with Gasteiger partial charge in [-0.1, -0.05) is 30.3 Å². The van der Waals surface area contributed by atoms with Gasteiger partial charge in [-0.05, 0) is 12.0 Å². The zero-order valence-corrected chi connectivity index (χ0v) is 9.91. The lowest BCUT2D eigenvalue weighted by molar-refractivity contribution is -0.141. The Balaban J connectivity index is 1.81. The Morgan fingerprint density at radius 2 is 2.06 bits per heavy atom. The van der Waals surface area contributed by atoms with Crippen LogP contribution in [-0.2, 0) is 16.1 Å². The molecule has 0 saturated carbocycles. The largest absolute Gasteiger partial charge is 0.481 e. The van der Waals surface area contributed by atoms with E-state index in [1.54, 1.807) is 0 Å².